The van der Waals surface area contributed by atoms with Crippen molar-refractivity contribution in [2.45, 2.75) is 24.5 Å². The van der Waals surface area contributed by atoms with E-state index in [9.17, 15) is 5.11 Å². The highest BCUT2D eigenvalue weighted by Crippen LogP contribution is 2.27. The molecule has 1 aromatic rings. The van der Waals surface area contributed by atoms with Crippen LogP contribution in [0.25, 0.3) is 0 Å². The Balaban J connectivity index is 2.20. The van der Waals surface area contributed by atoms with Crippen LogP contribution >= 0.6 is 0 Å². The fraction of sp³-hybridized carbons (Fsp3) is 0.625. The van der Waals surface area contributed by atoms with Crippen LogP contribution in [0.1, 0.15) is 12.1 Å². The van der Waals surface area contributed by atoms with Gasteiger partial charge in [-0.3, -0.25) is 0 Å². The van der Waals surface area contributed by atoms with Crippen molar-refractivity contribution in [3.8, 4) is 0 Å². The van der Waals surface area contributed by atoms with E-state index in [0.717, 1.165) is 0 Å². The first-order valence-electron chi connectivity index (χ1n) is 5.23. The van der Waals surface area contributed by atoms with Crippen molar-refractivity contribution in [2.75, 3.05) is 6.61 Å². The summed E-state index contributed by atoms with van der Waals surface area (Å²) in [5, 5.41) is 26.1. The van der Waals surface area contributed by atoms with Gasteiger partial charge in [0.05, 0.1) is 12.6 Å². The minimum atomic E-state index is -1.01. The largest absolute Gasteiger partial charge is 0.394 e. The number of ether oxygens (including phenoxy) is 1. The second kappa shape index (κ2) is 4.86. The number of rotatable bonds is 3. The predicted octanol–water partition coefficient (Wildman–Crippen LogP) is -3.56. The van der Waals surface area contributed by atoms with Gasteiger partial charge in [-0.1, -0.05) is 0 Å². The van der Waals surface area contributed by atoms with Gasteiger partial charge in [-0.25, -0.2) is 9.67 Å². The number of nitrogens with zero attached hydrogens (tertiary/aromatic N) is 4. The quantitative estimate of drug-likeness (QED) is 0.160. The van der Waals surface area contributed by atoms with Crippen LogP contribution in [0.4, 0.5) is 0 Å². The smallest absolute Gasteiger partial charge is 0.218 e. The molecule has 1 aliphatic rings. The summed E-state index contributed by atoms with van der Waals surface area (Å²) in [5.41, 5.74) is 11.1. The third-order valence-corrected chi connectivity index (χ3v) is 2.75. The number of hydrogen-bond acceptors (Lipinski definition) is 8. The molecule has 0 aromatic carbocycles. The Hall–Kier alpha value is -1.75. The van der Waals surface area contributed by atoms with Gasteiger partial charge >= 0.3 is 0 Å². The van der Waals surface area contributed by atoms with Gasteiger partial charge in [0.25, 0.3) is 0 Å². The Morgan fingerprint density at radius 1 is 1.61 bits per heavy atom. The number of aromatic nitrogens is 3. The van der Waals surface area contributed by atoms with E-state index in [1.165, 1.54) is 11.0 Å². The Morgan fingerprint density at radius 2 is 2.33 bits per heavy atom. The van der Waals surface area contributed by atoms with Gasteiger partial charge in [-0.15, -0.1) is 5.10 Å². The summed E-state index contributed by atoms with van der Waals surface area (Å²) in [6.07, 6.45) is -1.18. The van der Waals surface area contributed by atoms with Crippen molar-refractivity contribution in [3.05, 3.63) is 12.2 Å². The number of hydrazone groups is 1. The molecule has 0 aliphatic carbocycles. The highest BCUT2D eigenvalue weighted by molar-refractivity contribution is 5.93. The molecule has 0 radical (unpaired) electrons. The Morgan fingerprint density at radius 3 is 2.89 bits per heavy atom. The maximum Gasteiger partial charge on any atom is 0.218 e. The zero-order valence-electron chi connectivity index (χ0n) is 9.42. The monoisotopic (exact) mass is 257 g/mol. The molecule has 0 unspecified atom stereocenters. The predicted molar refractivity (Wildman–Crippen MR) is 59.9 cm³/mol. The summed E-state index contributed by atoms with van der Waals surface area (Å²) in [7, 11) is 0. The van der Waals surface area contributed by atoms with Crippen LogP contribution in [0.3, 0.4) is 0 Å². The topological polar surface area (TPSA) is 171 Å². The lowest BCUT2D eigenvalue weighted by Gasteiger charge is -2.14. The summed E-state index contributed by atoms with van der Waals surface area (Å²) in [6, 6.07) is -0.701. The maximum atomic E-state index is 9.88. The van der Waals surface area contributed by atoms with E-state index in [0.29, 0.717) is 0 Å². The van der Waals surface area contributed by atoms with Crippen molar-refractivity contribution >= 4 is 5.84 Å². The third-order valence-electron chi connectivity index (χ3n) is 2.75. The molecule has 18 heavy (non-hydrogen) atoms. The number of amidine groups is 1. The van der Waals surface area contributed by atoms with Crippen molar-refractivity contribution in [3.63, 3.8) is 0 Å². The summed E-state index contributed by atoms with van der Waals surface area (Å²) in [4.78, 5) is 3.86. The molecular formula is C8H15N7O3. The van der Waals surface area contributed by atoms with Crippen LogP contribution in [-0.4, -0.2) is 55.7 Å². The van der Waals surface area contributed by atoms with Crippen molar-refractivity contribution in [1.29, 1.82) is 0 Å². The lowest BCUT2D eigenvalue weighted by Crippen LogP contribution is -2.41. The molecule has 10 heteroatoms. The van der Waals surface area contributed by atoms with Gasteiger partial charge in [-0.05, 0) is 0 Å². The van der Waals surface area contributed by atoms with E-state index >= 15 is 0 Å². The van der Waals surface area contributed by atoms with Gasteiger partial charge in [-0.2, -0.15) is 5.10 Å². The molecule has 1 fully saturated rings. The standard InChI is InChI=1S/C8H15N7O3/c9-4-3(1-16)18-8(5(4)17)15-2-12-7(14-15)6(10)13-11/h2-5,8,16-17H,1,9,11H2,(H2,10,13)/t3-,4-,5-,8-/m1/s1. The Kier molecular flexibility index (Phi) is 3.43. The first-order chi connectivity index (χ1) is 8.58. The molecule has 0 bridgehead atoms. The molecule has 1 aliphatic heterocycles. The minimum Gasteiger partial charge on any atom is -0.394 e. The second-order valence-electron chi connectivity index (χ2n) is 3.88. The molecule has 2 rings (SSSR count). The summed E-state index contributed by atoms with van der Waals surface area (Å²) in [5.74, 6) is 5.08. The van der Waals surface area contributed by atoms with Gasteiger partial charge in [0.1, 0.15) is 18.5 Å². The molecule has 8 N–H and O–H groups in total. The third kappa shape index (κ3) is 2.01. The van der Waals surface area contributed by atoms with Crippen LogP contribution in [0.2, 0.25) is 0 Å². The minimum absolute atomic E-state index is 0.0377. The van der Waals surface area contributed by atoms with Gasteiger partial charge in [0.2, 0.25) is 5.82 Å². The van der Waals surface area contributed by atoms with Crippen LogP contribution in [0, 0.1) is 0 Å². The number of aliphatic hydroxyl groups excluding tert-OH is 2. The molecule has 0 spiro atoms. The highest BCUT2D eigenvalue weighted by atomic mass is 16.5. The fourth-order valence-electron chi connectivity index (χ4n) is 1.72. The molecule has 1 saturated heterocycles. The van der Waals surface area contributed by atoms with Crippen molar-refractivity contribution in [2.24, 2.45) is 22.4 Å². The van der Waals surface area contributed by atoms with E-state index in [1.807, 2.05) is 0 Å². The zero-order chi connectivity index (χ0) is 13.3. The zero-order valence-corrected chi connectivity index (χ0v) is 9.42. The molecule has 2 heterocycles. The number of nitrogens with two attached hydrogens (primary N) is 3. The summed E-state index contributed by atoms with van der Waals surface area (Å²) in [6.45, 7) is -0.289. The average Bonchev–Trinajstić information content (AvgIpc) is 2.96. The van der Waals surface area contributed by atoms with Crippen molar-refractivity contribution in [1.82, 2.24) is 14.8 Å². The van der Waals surface area contributed by atoms with E-state index in [-0.39, 0.29) is 18.3 Å². The first kappa shape index (κ1) is 12.7. The van der Waals surface area contributed by atoms with Gasteiger partial charge in [0.15, 0.2) is 12.1 Å². The normalized spacial score (nSPS) is 32.9. The number of aliphatic hydroxyl groups is 2. The second-order valence-corrected chi connectivity index (χ2v) is 3.88. The van der Waals surface area contributed by atoms with E-state index in [1.54, 1.807) is 0 Å². The maximum absolute atomic E-state index is 9.88. The molecule has 4 atom stereocenters. The summed E-state index contributed by atoms with van der Waals surface area (Å²) >= 11 is 0. The van der Waals surface area contributed by atoms with E-state index in [2.05, 4.69) is 15.2 Å². The molecule has 1 aromatic heterocycles. The molecule has 0 amide bonds. The SMILES string of the molecule is N/N=C(/N)c1ncn([C@@H]2O[C@H](CO)[C@@H](N)[C@H]2O)n1. The fourth-order valence-corrected chi connectivity index (χ4v) is 1.72. The van der Waals surface area contributed by atoms with Crippen LogP contribution in [-0.2, 0) is 4.74 Å². The number of hydrogen-bond donors (Lipinski definition) is 5. The summed E-state index contributed by atoms with van der Waals surface area (Å²) < 4.78 is 6.63. The van der Waals surface area contributed by atoms with Crippen LogP contribution < -0.4 is 17.3 Å². The Bertz CT molecular complexity index is 448. The molecule has 100 valence electrons. The highest BCUT2D eigenvalue weighted by Gasteiger charge is 2.42. The molecule has 10 nitrogen and oxygen atoms in total. The molecule has 0 saturated carbocycles. The van der Waals surface area contributed by atoms with Crippen LogP contribution in [0.5, 0.6) is 0 Å². The average molecular weight is 257 g/mol. The van der Waals surface area contributed by atoms with Crippen molar-refractivity contribution < 1.29 is 14.9 Å². The molecular weight excluding hydrogens is 242 g/mol. The van der Waals surface area contributed by atoms with E-state index in [4.69, 9.17) is 27.2 Å². The Labute approximate surface area is 102 Å². The van der Waals surface area contributed by atoms with Gasteiger partial charge < -0.3 is 32.3 Å². The first-order valence-corrected chi connectivity index (χ1v) is 5.23. The van der Waals surface area contributed by atoms with E-state index < -0.39 is 24.5 Å². The lowest BCUT2D eigenvalue weighted by molar-refractivity contribution is -0.0573. The van der Waals surface area contributed by atoms with Crippen LogP contribution in [0.15, 0.2) is 11.4 Å². The lowest BCUT2D eigenvalue weighted by atomic mass is 10.1. The van der Waals surface area contributed by atoms with Gasteiger partial charge in [0, 0.05) is 0 Å².